The second kappa shape index (κ2) is 11.0. The van der Waals surface area contributed by atoms with Gasteiger partial charge < -0.3 is 25.4 Å². The van der Waals surface area contributed by atoms with E-state index in [9.17, 15) is 0 Å². The summed E-state index contributed by atoms with van der Waals surface area (Å²) in [5.74, 6) is 1.75. The third-order valence-electron chi connectivity index (χ3n) is 4.78. The zero-order chi connectivity index (χ0) is 19.1. The standard InChI is InChI=1S/C21H28N4O2.HI/c1-26-17-10-11-20(27-2)18(14-17)24-21(22)23-15-16-8-4-5-9-19(16)25-12-6-3-7-13-25;/h4-5,8-11,14H,3,6-7,12-13,15H2,1-2H3,(H3,22,23,24);1H. The SMILES string of the molecule is COc1ccc(OC)c(NC(N)=NCc2ccccc2N2CCCCC2)c1.I. The topological polar surface area (TPSA) is 72.1 Å². The lowest BCUT2D eigenvalue weighted by Gasteiger charge is -2.30. The summed E-state index contributed by atoms with van der Waals surface area (Å²) in [4.78, 5) is 6.98. The van der Waals surface area contributed by atoms with Gasteiger partial charge in [-0.15, -0.1) is 24.0 Å². The molecule has 1 aliphatic rings. The first-order chi connectivity index (χ1) is 13.2. The number of guanidine groups is 1. The molecule has 0 saturated carbocycles. The average Bonchev–Trinajstić information content (AvgIpc) is 2.73. The van der Waals surface area contributed by atoms with Gasteiger partial charge in [-0.3, -0.25) is 0 Å². The Labute approximate surface area is 184 Å². The average molecular weight is 496 g/mol. The normalized spacial score (nSPS) is 14.2. The van der Waals surface area contributed by atoms with Crippen molar-refractivity contribution in [1.82, 2.24) is 0 Å². The van der Waals surface area contributed by atoms with Crippen LogP contribution in [0.4, 0.5) is 11.4 Å². The molecule has 1 aliphatic heterocycles. The maximum atomic E-state index is 6.13. The number of rotatable bonds is 6. The Hall–Kier alpha value is -2.16. The van der Waals surface area contributed by atoms with E-state index in [1.807, 2.05) is 24.3 Å². The molecule has 0 spiro atoms. The molecular weight excluding hydrogens is 467 g/mol. The second-order valence-electron chi connectivity index (χ2n) is 6.57. The molecule has 0 unspecified atom stereocenters. The van der Waals surface area contributed by atoms with Gasteiger partial charge in [0.05, 0.1) is 26.5 Å². The van der Waals surface area contributed by atoms with Gasteiger partial charge in [-0.05, 0) is 43.0 Å². The predicted molar refractivity (Wildman–Crippen MR) is 126 cm³/mol. The molecule has 1 fully saturated rings. The van der Waals surface area contributed by atoms with Crippen molar-refractivity contribution in [2.75, 3.05) is 37.5 Å². The summed E-state index contributed by atoms with van der Waals surface area (Å²) in [6, 6.07) is 13.9. The summed E-state index contributed by atoms with van der Waals surface area (Å²) in [5.41, 5.74) is 9.29. The minimum absolute atomic E-state index is 0. The largest absolute Gasteiger partial charge is 0.497 e. The van der Waals surface area contributed by atoms with E-state index in [-0.39, 0.29) is 24.0 Å². The van der Waals surface area contributed by atoms with Crippen molar-refractivity contribution in [3.05, 3.63) is 48.0 Å². The van der Waals surface area contributed by atoms with Crippen LogP contribution in [0.25, 0.3) is 0 Å². The van der Waals surface area contributed by atoms with Crippen LogP contribution in [-0.2, 0) is 6.54 Å². The van der Waals surface area contributed by atoms with Gasteiger partial charge in [0, 0.05) is 24.8 Å². The molecule has 1 saturated heterocycles. The number of nitrogens with one attached hydrogen (secondary N) is 1. The number of nitrogens with two attached hydrogens (primary N) is 1. The molecular formula is C21H29IN4O2. The van der Waals surface area contributed by atoms with Crippen LogP contribution in [0.2, 0.25) is 0 Å². The van der Waals surface area contributed by atoms with Gasteiger partial charge in [-0.25, -0.2) is 4.99 Å². The highest BCUT2D eigenvalue weighted by molar-refractivity contribution is 14.0. The van der Waals surface area contributed by atoms with E-state index in [4.69, 9.17) is 15.2 Å². The molecule has 2 aromatic carbocycles. The number of para-hydroxylation sites is 1. The first kappa shape index (κ1) is 22.1. The number of halogens is 1. The lowest BCUT2D eigenvalue weighted by atomic mass is 10.1. The fourth-order valence-electron chi connectivity index (χ4n) is 3.35. The van der Waals surface area contributed by atoms with Crippen molar-refractivity contribution >= 4 is 41.3 Å². The summed E-state index contributed by atoms with van der Waals surface area (Å²) in [5, 5.41) is 3.11. The van der Waals surface area contributed by atoms with Gasteiger partial charge >= 0.3 is 0 Å². The third-order valence-corrected chi connectivity index (χ3v) is 4.78. The van der Waals surface area contributed by atoms with E-state index in [1.54, 1.807) is 14.2 Å². The molecule has 0 aromatic heterocycles. The Morgan fingerprint density at radius 2 is 1.82 bits per heavy atom. The number of anilines is 2. The number of methoxy groups -OCH3 is 2. The van der Waals surface area contributed by atoms with Crippen molar-refractivity contribution in [1.29, 1.82) is 0 Å². The second-order valence-corrected chi connectivity index (χ2v) is 6.57. The smallest absolute Gasteiger partial charge is 0.193 e. The zero-order valence-electron chi connectivity index (χ0n) is 16.5. The Kier molecular flexibility index (Phi) is 8.69. The molecule has 7 heteroatoms. The van der Waals surface area contributed by atoms with Crippen molar-refractivity contribution < 1.29 is 9.47 Å². The van der Waals surface area contributed by atoms with Crippen LogP contribution in [0.15, 0.2) is 47.5 Å². The molecule has 0 radical (unpaired) electrons. The molecule has 1 heterocycles. The Bertz CT molecular complexity index is 792. The van der Waals surface area contributed by atoms with Gasteiger partial charge in [0.15, 0.2) is 5.96 Å². The van der Waals surface area contributed by atoms with E-state index < -0.39 is 0 Å². The maximum Gasteiger partial charge on any atom is 0.193 e. The third kappa shape index (κ3) is 5.67. The molecule has 0 atom stereocenters. The fourth-order valence-corrected chi connectivity index (χ4v) is 3.35. The Balaban J connectivity index is 0.00000280. The van der Waals surface area contributed by atoms with E-state index in [0.717, 1.165) is 24.5 Å². The van der Waals surface area contributed by atoms with E-state index in [1.165, 1.54) is 30.5 Å². The minimum atomic E-state index is 0. The quantitative estimate of drug-likeness (QED) is 0.356. The summed E-state index contributed by atoms with van der Waals surface area (Å²) < 4.78 is 10.6. The van der Waals surface area contributed by atoms with Crippen LogP contribution in [0, 0.1) is 0 Å². The van der Waals surface area contributed by atoms with Crippen LogP contribution in [0.1, 0.15) is 24.8 Å². The van der Waals surface area contributed by atoms with Crippen molar-refractivity contribution in [2.24, 2.45) is 10.7 Å². The van der Waals surface area contributed by atoms with Crippen LogP contribution in [-0.4, -0.2) is 33.3 Å². The number of hydrogen-bond donors (Lipinski definition) is 2. The van der Waals surface area contributed by atoms with E-state index >= 15 is 0 Å². The lowest BCUT2D eigenvalue weighted by Crippen LogP contribution is -2.30. The van der Waals surface area contributed by atoms with Crippen molar-refractivity contribution in [3.63, 3.8) is 0 Å². The van der Waals surface area contributed by atoms with Gasteiger partial charge in [-0.2, -0.15) is 0 Å². The number of hydrogen-bond acceptors (Lipinski definition) is 4. The van der Waals surface area contributed by atoms with Gasteiger partial charge in [-0.1, -0.05) is 18.2 Å². The van der Waals surface area contributed by atoms with E-state index in [0.29, 0.717) is 18.3 Å². The molecule has 0 aliphatic carbocycles. The first-order valence-electron chi connectivity index (χ1n) is 9.33. The van der Waals surface area contributed by atoms with Crippen LogP contribution < -0.4 is 25.4 Å². The predicted octanol–water partition coefficient (Wildman–Crippen LogP) is 4.24. The number of benzene rings is 2. The molecule has 3 rings (SSSR count). The summed E-state index contributed by atoms with van der Waals surface area (Å²) in [6.07, 6.45) is 3.81. The number of nitrogens with zero attached hydrogens (tertiary/aromatic N) is 2. The molecule has 152 valence electrons. The molecule has 0 amide bonds. The van der Waals surface area contributed by atoms with Crippen molar-refractivity contribution in [3.8, 4) is 11.5 Å². The molecule has 6 nitrogen and oxygen atoms in total. The number of piperidine rings is 1. The zero-order valence-corrected chi connectivity index (χ0v) is 18.8. The van der Waals surface area contributed by atoms with Gasteiger partial charge in [0.25, 0.3) is 0 Å². The van der Waals surface area contributed by atoms with Gasteiger partial charge in [0.1, 0.15) is 11.5 Å². The van der Waals surface area contributed by atoms with Crippen LogP contribution >= 0.6 is 24.0 Å². The Morgan fingerprint density at radius 1 is 1.07 bits per heavy atom. The number of ether oxygens (including phenoxy) is 2. The fraction of sp³-hybridized carbons (Fsp3) is 0.381. The van der Waals surface area contributed by atoms with Crippen molar-refractivity contribution in [2.45, 2.75) is 25.8 Å². The monoisotopic (exact) mass is 496 g/mol. The summed E-state index contributed by atoms with van der Waals surface area (Å²) in [7, 11) is 3.25. The highest BCUT2D eigenvalue weighted by atomic mass is 127. The molecule has 3 N–H and O–H groups in total. The molecule has 0 bridgehead atoms. The molecule has 28 heavy (non-hydrogen) atoms. The maximum absolute atomic E-state index is 6.13. The van der Waals surface area contributed by atoms with Gasteiger partial charge in [0.2, 0.25) is 0 Å². The molecule has 2 aromatic rings. The Morgan fingerprint density at radius 3 is 2.54 bits per heavy atom. The summed E-state index contributed by atoms with van der Waals surface area (Å²) in [6.45, 7) is 2.74. The number of aliphatic imine (C=N–C) groups is 1. The van der Waals surface area contributed by atoms with E-state index in [2.05, 4.69) is 33.4 Å². The highest BCUT2D eigenvalue weighted by Gasteiger charge is 2.14. The lowest BCUT2D eigenvalue weighted by molar-refractivity contribution is 0.405. The van der Waals surface area contributed by atoms with Crippen LogP contribution in [0.3, 0.4) is 0 Å². The highest BCUT2D eigenvalue weighted by Crippen LogP contribution is 2.29. The minimum Gasteiger partial charge on any atom is -0.497 e. The summed E-state index contributed by atoms with van der Waals surface area (Å²) >= 11 is 0. The van der Waals surface area contributed by atoms with Crippen LogP contribution in [0.5, 0.6) is 11.5 Å². The first-order valence-corrected chi connectivity index (χ1v) is 9.33.